The first-order valence-electron chi connectivity index (χ1n) is 6.83. The zero-order valence-corrected chi connectivity index (χ0v) is 11.8. The maximum Gasteiger partial charge on any atom is 0.328 e. The van der Waals surface area contributed by atoms with Crippen molar-refractivity contribution in [3.63, 3.8) is 0 Å². The summed E-state index contributed by atoms with van der Waals surface area (Å²) in [4.78, 5) is 26.6. The van der Waals surface area contributed by atoms with Crippen molar-refractivity contribution in [3.8, 4) is 0 Å². The second kappa shape index (κ2) is 6.99. The van der Waals surface area contributed by atoms with E-state index in [0.717, 1.165) is 18.9 Å². The molecule has 0 saturated carbocycles. The third kappa shape index (κ3) is 4.68. The second-order valence-electron chi connectivity index (χ2n) is 5.05. The Bertz CT molecular complexity index is 556. The number of carboxylic acid groups (broad SMARTS) is 1. The number of pyridine rings is 1. The van der Waals surface area contributed by atoms with E-state index in [9.17, 15) is 9.59 Å². The summed E-state index contributed by atoms with van der Waals surface area (Å²) in [5, 5.41) is 11.6. The lowest BCUT2D eigenvalue weighted by molar-refractivity contribution is -0.131. The molecule has 2 N–H and O–H groups in total. The molecule has 1 aliphatic heterocycles. The van der Waals surface area contributed by atoms with Crippen molar-refractivity contribution < 1.29 is 19.4 Å². The summed E-state index contributed by atoms with van der Waals surface area (Å²) in [7, 11) is 0. The van der Waals surface area contributed by atoms with Crippen LogP contribution in [0.4, 0.5) is 0 Å². The second-order valence-corrected chi connectivity index (χ2v) is 5.05. The summed E-state index contributed by atoms with van der Waals surface area (Å²) in [5.74, 6) is -1.24. The van der Waals surface area contributed by atoms with Gasteiger partial charge in [0, 0.05) is 31.1 Å². The maximum atomic E-state index is 12.2. The summed E-state index contributed by atoms with van der Waals surface area (Å²) in [6, 6.07) is 1.71. The first-order chi connectivity index (χ1) is 10.0. The lowest BCUT2D eigenvalue weighted by Gasteiger charge is -2.27. The van der Waals surface area contributed by atoms with Crippen LogP contribution in [0.25, 0.3) is 6.08 Å². The number of nitrogens with zero attached hydrogens (tertiary/aromatic N) is 1. The van der Waals surface area contributed by atoms with Crippen molar-refractivity contribution in [2.75, 3.05) is 6.61 Å². The van der Waals surface area contributed by atoms with Crippen LogP contribution in [0.1, 0.15) is 35.7 Å². The number of hydrogen-bond acceptors (Lipinski definition) is 4. The van der Waals surface area contributed by atoms with Gasteiger partial charge in [-0.25, -0.2) is 4.79 Å². The summed E-state index contributed by atoms with van der Waals surface area (Å²) < 4.78 is 5.44. The molecule has 2 unspecified atom stereocenters. The highest BCUT2D eigenvalue weighted by Gasteiger charge is 2.21. The van der Waals surface area contributed by atoms with Crippen molar-refractivity contribution >= 4 is 18.0 Å². The summed E-state index contributed by atoms with van der Waals surface area (Å²) in [5.41, 5.74) is 0.993. The third-order valence-electron chi connectivity index (χ3n) is 3.26. The van der Waals surface area contributed by atoms with Crippen LogP contribution in [0.5, 0.6) is 0 Å². The fraction of sp³-hybridized carbons (Fsp3) is 0.400. The normalized spacial score (nSPS) is 22.1. The number of carboxylic acids is 1. The standard InChI is InChI=1S/C15H18N2O4/c1-10-6-13(4-5-21-10)17-15(20)12-7-11(8-16-9-12)2-3-14(18)19/h2-3,7-10,13H,4-6H2,1H3,(H,17,20)(H,18,19)/b3-2+. The minimum Gasteiger partial charge on any atom is -0.478 e. The molecule has 6 heteroatoms. The largest absolute Gasteiger partial charge is 0.478 e. The molecule has 1 aliphatic rings. The van der Waals surface area contributed by atoms with Crippen LogP contribution in [-0.2, 0) is 9.53 Å². The van der Waals surface area contributed by atoms with Crippen molar-refractivity contribution in [3.05, 3.63) is 35.7 Å². The Morgan fingerprint density at radius 1 is 1.48 bits per heavy atom. The summed E-state index contributed by atoms with van der Waals surface area (Å²) in [6.45, 7) is 2.63. The third-order valence-corrected chi connectivity index (χ3v) is 3.26. The highest BCUT2D eigenvalue weighted by molar-refractivity contribution is 5.95. The van der Waals surface area contributed by atoms with Gasteiger partial charge in [0.05, 0.1) is 11.7 Å². The van der Waals surface area contributed by atoms with Gasteiger partial charge in [-0.05, 0) is 37.5 Å². The van der Waals surface area contributed by atoms with Gasteiger partial charge in [0.15, 0.2) is 0 Å². The van der Waals surface area contributed by atoms with Gasteiger partial charge in [-0.3, -0.25) is 9.78 Å². The van der Waals surface area contributed by atoms with E-state index in [1.807, 2.05) is 6.92 Å². The number of ether oxygens (including phenoxy) is 1. The van der Waals surface area contributed by atoms with E-state index >= 15 is 0 Å². The predicted octanol–water partition coefficient (Wildman–Crippen LogP) is 1.48. The molecule has 1 aromatic heterocycles. The SMILES string of the molecule is CC1CC(NC(=O)c2cncc(/C=C/C(=O)O)c2)CCO1. The van der Waals surface area contributed by atoms with Crippen LogP contribution >= 0.6 is 0 Å². The first-order valence-corrected chi connectivity index (χ1v) is 6.83. The first kappa shape index (κ1) is 15.2. The average molecular weight is 290 g/mol. The summed E-state index contributed by atoms with van der Waals surface area (Å²) >= 11 is 0. The van der Waals surface area contributed by atoms with Gasteiger partial charge < -0.3 is 15.2 Å². The number of carbonyl (C=O) groups is 2. The van der Waals surface area contributed by atoms with Gasteiger partial charge in [0.1, 0.15) is 0 Å². The van der Waals surface area contributed by atoms with E-state index in [2.05, 4.69) is 10.3 Å². The molecule has 1 saturated heterocycles. The molecule has 1 aromatic rings. The Morgan fingerprint density at radius 2 is 2.29 bits per heavy atom. The van der Waals surface area contributed by atoms with Crippen molar-refractivity contribution in [1.29, 1.82) is 0 Å². The van der Waals surface area contributed by atoms with E-state index in [-0.39, 0.29) is 18.1 Å². The molecule has 1 fully saturated rings. The van der Waals surface area contributed by atoms with Gasteiger partial charge in [0.25, 0.3) is 5.91 Å². The van der Waals surface area contributed by atoms with Gasteiger partial charge in [-0.1, -0.05) is 0 Å². The molecular formula is C15H18N2O4. The van der Waals surface area contributed by atoms with Crippen molar-refractivity contribution in [1.82, 2.24) is 10.3 Å². The van der Waals surface area contributed by atoms with Crippen molar-refractivity contribution in [2.24, 2.45) is 0 Å². The Morgan fingerprint density at radius 3 is 3.00 bits per heavy atom. The van der Waals surface area contributed by atoms with E-state index < -0.39 is 5.97 Å². The molecule has 1 amide bonds. The van der Waals surface area contributed by atoms with Gasteiger partial charge in [-0.2, -0.15) is 0 Å². The molecule has 2 rings (SSSR count). The fourth-order valence-corrected chi connectivity index (χ4v) is 2.24. The molecule has 2 heterocycles. The van der Waals surface area contributed by atoms with Gasteiger partial charge in [0.2, 0.25) is 0 Å². The quantitative estimate of drug-likeness (QED) is 0.820. The van der Waals surface area contributed by atoms with Crippen molar-refractivity contribution in [2.45, 2.75) is 31.9 Å². The van der Waals surface area contributed by atoms with Crippen LogP contribution in [0, 0.1) is 0 Å². The Labute approximate surface area is 122 Å². The number of aromatic nitrogens is 1. The van der Waals surface area contributed by atoms with Crippen LogP contribution in [0.15, 0.2) is 24.5 Å². The van der Waals surface area contributed by atoms with Crippen LogP contribution in [0.3, 0.4) is 0 Å². The maximum absolute atomic E-state index is 12.2. The van der Waals surface area contributed by atoms with Gasteiger partial charge in [-0.15, -0.1) is 0 Å². The molecule has 0 radical (unpaired) electrons. The number of amides is 1. The number of rotatable bonds is 4. The summed E-state index contributed by atoms with van der Waals surface area (Å²) in [6.07, 6.45) is 7.12. The van der Waals surface area contributed by atoms with E-state index in [1.165, 1.54) is 18.5 Å². The molecule has 0 aliphatic carbocycles. The topological polar surface area (TPSA) is 88.5 Å². The van der Waals surface area contributed by atoms with Crippen LogP contribution in [-0.4, -0.2) is 40.7 Å². The van der Waals surface area contributed by atoms with Crippen LogP contribution < -0.4 is 5.32 Å². The number of hydrogen-bond donors (Lipinski definition) is 2. The minimum absolute atomic E-state index is 0.0967. The number of carbonyl (C=O) groups excluding carboxylic acids is 1. The molecule has 0 aromatic carbocycles. The molecule has 112 valence electrons. The molecule has 6 nitrogen and oxygen atoms in total. The zero-order valence-electron chi connectivity index (χ0n) is 11.8. The lowest BCUT2D eigenvalue weighted by atomic mass is 10.0. The lowest BCUT2D eigenvalue weighted by Crippen LogP contribution is -2.41. The van der Waals surface area contributed by atoms with Gasteiger partial charge >= 0.3 is 5.97 Å². The minimum atomic E-state index is -1.04. The average Bonchev–Trinajstić information content (AvgIpc) is 2.45. The molecule has 2 atom stereocenters. The molecule has 21 heavy (non-hydrogen) atoms. The molecular weight excluding hydrogens is 272 g/mol. The monoisotopic (exact) mass is 290 g/mol. The molecule has 0 bridgehead atoms. The van der Waals surface area contributed by atoms with E-state index in [1.54, 1.807) is 6.07 Å². The molecule has 0 spiro atoms. The van der Waals surface area contributed by atoms with E-state index in [0.29, 0.717) is 17.7 Å². The fourth-order valence-electron chi connectivity index (χ4n) is 2.24. The highest BCUT2D eigenvalue weighted by atomic mass is 16.5. The smallest absolute Gasteiger partial charge is 0.328 e. The zero-order chi connectivity index (χ0) is 15.2. The number of nitrogens with one attached hydrogen (secondary N) is 1. The van der Waals surface area contributed by atoms with Crippen LogP contribution in [0.2, 0.25) is 0 Å². The number of aliphatic carboxylic acids is 1. The Kier molecular flexibility index (Phi) is 5.05. The van der Waals surface area contributed by atoms with E-state index in [4.69, 9.17) is 9.84 Å². The highest BCUT2D eigenvalue weighted by Crippen LogP contribution is 2.14. The predicted molar refractivity (Wildman–Crippen MR) is 76.8 cm³/mol. The Hall–Kier alpha value is -2.21. The Balaban J connectivity index is 2.02.